The molecule has 1 aromatic carbocycles. The molecule has 1 aliphatic carbocycles. The van der Waals surface area contributed by atoms with Crippen LogP contribution >= 0.6 is 0 Å². The highest BCUT2D eigenvalue weighted by molar-refractivity contribution is 7.89. The smallest absolute Gasteiger partial charge is 0.240 e. The molecule has 0 spiro atoms. The standard InChI is InChI=1S/C25H33N3O5S/c1-17-13-21-14-23(10-11-24(21)28(17)18(2)29)34(31,32)26-15-19-6-8-20(9-7-19)25(30)27(3)16-22-5-4-12-33-22/h4-5,10-12,14,17,19-20,26H,6-9,13,15-16H2,1-3H3/t17-,19?,20?/m1/s1. The zero-order chi connectivity index (χ0) is 24.5. The summed E-state index contributed by atoms with van der Waals surface area (Å²) in [5.74, 6) is 1.00. The summed E-state index contributed by atoms with van der Waals surface area (Å²) in [4.78, 5) is 28.3. The number of anilines is 1. The summed E-state index contributed by atoms with van der Waals surface area (Å²) in [6.45, 7) is 4.30. The Balaban J connectivity index is 1.29. The second kappa shape index (κ2) is 9.92. The summed E-state index contributed by atoms with van der Waals surface area (Å²) in [6, 6.07) is 8.67. The molecular formula is C25H33N3O5S. The van der Waals surface area contributed by atoms with Gasteiger partial charge in [0.15, 0.2) is 0 Å². The highest BCUT2D eigenvalue weighted by Gasteiger charge is 2.31. The molecule has 0 radical (unpaired) electrons. The van der Waals surface area contributed by atoms with E-state index in [0.717, 1.165) is 42.7 Å². The average Bonchev–Trinajstić information content (AvgIpc) is 3.43. The van der Waals surface area contributed by atoms with Crippen LogP contribution in [-0.2, 0) is 32.6 Å². The molecule has 9 heteroatoms. The molecule has 0 saturated heterocycles. The van der Waals surface area contributed by atoms with Gasteiger partial charge in [-0.3, -0.25) is 9.59 Å². The highest BCUT2D eigenvalue weighted by atomic mass is 32.2. The van der Waals surface area contributed by atoms with Gasteiger partial charge in [-0.05, 0) is 80.8 Å². The van der Waals surface area contributed by atoms with Gasteiger partial charge in [-0.15, -0.1) is 0 Å². The van der Waals surface area contributed by atoms with E-state index in [9.17, 15) is 18.0 Å². The van der Waals surface area contributed by atoms with Crippen molar-refractivity contribution in [3.63, 3.8) is 0 Å². The van der Waals surface area contributed by atoms with Gasteiger partial charge in [0.1, 0.15) is 5.76 Å². The van der Waals surface area contributed by atoms with Crippen LogP contribution in [0.3, 0.4) is 0 Å². The molecule has 1 fully saturated rings. The van der Waals surface area contributed by atoms with Crippen LogP contribution in [0.15, 0.2) is 45.9 Å². The van der Waals surface area contributed by atoms with E-state index in [4.69, 9.17) is 4.42 Å². The van der Waals surface area contributed by atoms with Gasteiger partial charge in [-0.1, -0.05) is 0 Å². The third-order valence-electron chi connectivity index (χ3n) is 7.02. The second-order valence-electron chi connectivity index (χ2n) is 9.58. The van der Waals surface area contributed by atoms with Gasteiger partial charge < -0.3 is 14.2 Å². The summed E-state index contributed by atoms with van der Waals surface area (Å²) in [5.41, 5.74) is 1.67. The summed E-state index contributed by atoms with van der Waals surface area (Å²) < 4.78 is 33.9. The van der Waals surface area contributed by atoms with E-state index in [2.05, 4.69) is 4.72 Å². The number of nitrogens with zero attached hydrogens (tertiary/aromatic N) is 2. The van der Waals surface area contributed by atoms with Crippen molar-refractivity contribution >= 4 is 27.5 Å². The topological polar surface area (TPSA) is 99.9 Å². The van der Waals surface area contributed by atoms with Gasteiger partial charge in [0.2, 0.25) is 21.8 Å². The number of nitrogens with one attached hydrogen (secondary N) is 1. The maximum absolute atomic E-state index is 12.9. The van der Waals surface area contributed by atoms with Crippen molar-refractivity contribution in [2.45, 2.75) is 63.4 Å². The first kappa shape index (κ1) is 24.5. The van der Waals surface area contributed by atoms with Gasteiger partial charge >= 0.3 is 0 Å². The Morgan fingerprint density at radius 1 is 1.18 bits per heavy atom. The van der Waals surface area contributed by atoms with Gasteiger partial charge in [0, 0.05) is 38.2 Å². The fraction of sp³-hybridized carbons (Fsp3) is 0.520. The Kier molecular flexibility index (Phi) is 7.14. The Bertz CT molecular complexity index is 1140. The number of rotatable bonds is 7. The molecule has 0 bridgehead atoms. The molecule has 1 saturated carbocycles. The van der Waals surface area contributed by atoms with Gasteiger partial charge in [-0.2, -0.15) is 0 Å². The minimum atomic E-state index is -3.65. The first-order chi connectivity index (χ1) is 16.2. The van der Waals surface area contributed by atoms with Crippen LogP contribution in [-0.4, -0.2) is 44.8 Å². The minimum absolute atomic E-state index is 0.0226. The largest absolute Gasteiger partial charge is 0.467 e. The molecule has 2 aromatic rings. The molecule has 1 atom stereocenters. The molecule has 1 aromatic heterocycles. The van der Waals surface area contributed by atoms with E-state index in [-0.39, 0.29) is 34.6 Å². The molecule has 0 unspecified atom stereocenters. The fourth-order valence-corrected chi connectivity index (χ4v) is 6.37. The lowest BCUT2D eigenvalue weighted by Gasteiger charge is -2.30. The lowest BCUT2D eigenvalue weighted by molar-refractivity contribution is -0.136. The second-order valence-corrected chi connectivity index (χ2v) is 11.3. The minimum Gasteiger partial charge on any atom is -0.467 e. The summed E-state index contributed by atoms with van der Waals surface area (Å²) in [5, 5.41) is 0. The number of sulfonamides is 1. The predicted molar refractivity (Wildman–Crippen MR) is 129 cm³/mol. The van der Waals surface area contributed by atoms with Crippen LogP contribution in [0.2, 0.25) is 0 Å². The van der Waals surface area contributed by atoms with E-state index in [0.29, 0.717) is 19.5 Å². The van der Waals surface area contributed by atoms with Crippen LogP contribution in [0.1, 0.15) is 50.9 Å². The lowest BCUT2D eigenvalue weighted by atomic mass is 9.81. The maximum Gasteiger partial charge on any atom is 0.240 e. The van der Waals surface area contributed by atoms with Crippen LogP contribution in [0, 0.1) is 11.8 Å². The average molecular weight is 488 g/mol. The first-order valence-corrected chi connectivity index (χ1v) is 13.3. The number of carbonyl (C=O) groups excluding carboxylic acids is 2. The van der Waals surface area contributed by atoms with E-state index in [1.807, 2.05) is 19.1 Å². The van der Waals surface area contributed by atoms with Gasteiger partial charge in [0.05, 0.1) is 17.7 Å². The third kappa shape index (κ3) is 5.20. The van der Waals surface area contributed by atoms with Gasteiger partial charge in [0.25, 0.3) is 0 Å². The van der Waals surface area contributed by atoms with Crippen LogP contribution in [0.25, 0.3) is 0 Å². The Labute approximate surface area is 201 Å². The zero-order valence-electron chi connectivity index (χ0n) is 20.0. The maximum atomic E-state index is 12.9. The fourth-order valence-electron chi connectivity index (χ4n) is 5.20. The number of hydrogen-bond acceptors (Lipinski definition) is 5. The Morgan fingerprint density at radius 3 is 2.56 bits per heavy atom. The lowest BCUT2D eigenvalue weighted by Crippen LogP contribution is -2.36. The summed E-state index contributed by atoms with van der Waals surface area (Å²) >= 11 is 0. The van der Waals surface area contributed by atoms with E-state index in [1.54, 1.807) is 41.3 Å². The van der Waals surface area contributed by atoms with Crippen molar-refractivity contribution in [1.82, 2.24) is 9.62 Å². The molecule has 2 heterocycles. The van der Waals surface area contributed by atoms with Crippen molar-refractivity contribution in [1.29, 1.82) is 0 Å². The monoisotopic (exact) mass is 487 g/mol. The normalized spacial score (nSPS) is 22.4. The van der Waals surface area contributed by atoms with Crippen molar-refractivity contribution in [3.8, 4) is 0 Å². The third-order valence-corrected chi connectivity index (χ3v) is 8.44. The van der Waals surface area contributed by atoms with E-state index in [1.165, 1.54) is 6.92 Å². The highest BCUT2D eigenvalue weighted by Crippen LogP contribution is 2.34. The van der Waals surface area contributed by atoms with Crippen molar-refractivity contribution in [2.75, 3.05) is 18.5 Å². The van der Waals surface area contributed by atoms with Crippen molar-refractivity contribution in [3.05, 3.63) is 47.9 Å². The quantitative estimate of drug-likeness (QED) is 0.646. The number of amides is 2. The van der Waals surface area contributed by atoms with Crippen LogP contribution in [0.5, 0.6) is 0 Å². The SMILES string of the molecule is CC(=O)N1c2ccc(S(=O)(=O)NCC3CCC(C(=O)N(C)Cc4ccco4)CC3)cc2C[C@H]1C. The molecule has 2 amide bonds. The van der Waals surface area contributed by atoms with Crippen LogP contribution in [0.4, 0.5) is 5.69 Å². The van der Waals surface area contributed by atoms with Crippen molar-refractivity contribution < 1.29 is 22.4 Å². The molecule has 34 heavy (non-hydrogen) atoms. The molecule has 1 aliphatic heterocycles. The Hall–Kier alpha value is -2.65. The number of furan rings is 1. The first-order valence-electron chi connectivity index (χ1n) is 11.9. The number of hydrogen-bond donors (Lipinski definition) is 1. The summed E-state index contributed by atoms with van der Waals surface area (Å²) in [7, 11) is -1.86. The molecular weight excluding hydrogens is 454 g/mol. The number of benzene rings is 1. The van der Waals surface area contributed by atoms with Crippen LogP contribution < -0.4 is 9.62 Å². The summed E-state index contributed by atoms with van der Waals surface area (Å²) in [6.07, 6.45) is 5.37. The zero-order valence-corrected chi connectivity index (χ0v) is 20.8. The van der Waals surface area contributed by atoms with Gasteiger partial charge in [-0.25, -0.2) is 13.1 Å². The number of carbonyl (C=O) groups is 2. The van der Waals surface area contributed by atoms with Crippen molar-refractivity contribution in [2.24, 2.45) is 11.8 Å². The van der Waals surface area contributed by atoms with E-state index >= 15 is 0 Å². The Morgan fingerprint density at radius 2 is 1.91 bits per heavy atom. The molecule has 2 aliphatic rings. The molecule has 8 nitrogen and oxygen atoms in total. The number of fused-ring (bicyclic) bond motifs is 1. The molecule has 184 valence electrons. The predicted octanol–water partition coefficient (Wildman–Crippen LogP) is 3.32. The van der Waals surface area contributed by atoms with E-state index < -0.39 is 10.0 Å². The molecule has 1 N–H and O–H groups in total. The molecule has 4 rings (SSSR count).